The number of amides is 1. The van der Waals surface area contributed by atoms with E-state index in [-0.39, 0.29) is 30.5 Å². The molecule has 0 saturated carbocycles. The first-order chi connectivity index (χ1) is 13.5. The highest BCUT2D eigenvalue weighted by atomic mass is 19.1. The third-order valence-corrected chi connectivity index (χ3v) is 4.04. The molecule has 0 aliphatic heterocycles. The van der Waals surface area contributed by atoms with E-state index in [0.717, 1.165) is 0 Å². The second kappa shape index (κ2) is 10.1. The SMILES string of the molecule is C#CCNC(=O)c1c(NCCF)nc(C#CC2C=CC(OC)=C(OC)C2)n1C. The number of alkyl halides is 1. The molecule has 0 bridgehead atoms. The number of hydrogen-bond donors (Lipinski definition) is 2. The summed E-state index contributed by atoms with van der Waals surface area (Å²) in [6.07, 6.45) is 9.48. The number of hydrogen-bond acceptors (Lipinski definition) is 5. The van der Waals surface area contributed by atoms with Gasteiger partial charge in [-0.1, -0.05) is 17.9 Å². The van der Waals surface area contributed by atoms with Gasteiger partial charge in [0.05, 0.1) is 20.8 Å². The lowest BCUT2D eigenvalue weighted by Gasteiger charge is -2.17. The number of anilines is 1. The predicted molar refractivity (Wildman–Crippen MR) is 104 cm³/mol. The number of halogens is 1. The molecule has 2 N–H and O–H groups in total. The van der Waals surface area contributed by atoms with Gasteiger partial charge in [-0.15, -0.1) is 6.42 Å². The molecule has 1 aromatic rings. The van der Waals surface area contributed by atoms with E-state index in [1.807, 2.05) is 12.2 Å². The number of carbonyl (C=O) groups is 1. The van der Waals surface area contributed by atoms with Crippen LogP contribution >= 0.6 is 0 Å². The summed E-state index contributed by atoms with van der Waals surface area (Å²) in [5.74, 6) is 9.96. The quantitative estimate of drug-likeness (QED) is 0.696. The van der Waals surface area contributed by atoms with Crippen molar-refractivity contribution in [1.82, 2.24) is 14.9 Å². The molecule has 1 unspecified atom stereocenters. The maximum absolute atomic E-state index is 12.6. The summed E-state index contributed by atoms with van der Waals surface area (Å²) in [5, 5.41) is 5.39. The Morgan fingerprint density at radius 1 is 1.46 bits per heavy atom. The number of terminal acetylenes is 1. The first-order valence-corrected chi connectivity index (χ1v) is 8.64. The molecule has 1 aliphatic carbocycles. The maximum atomic E-state index is 12.6. The van der Waals surface area contributed by atoms with Crippen molar-refractivity contribution in [2.24, 2.45) is 13.0 Å². The van der Waals surface area contributed by atoms with E-state index in [4.69, 9.17) is 15.9 Å². The average Bonchev–Trinajstić information content (AvgIpc) is 3.03. The van der Waals surface area contributed by atoms with Crippen LogP contribution in [0, 0.1) is 30.1 Å². The second-order valence-corrected chi connectivity index (χ2v) is 5.83. The maximum Gasteiger partial charge on any atom is 0.272 e. The van der Waals surface area contributed by atoms with Crippen LogP contribution in [-0.2, 0) is 16.5 Å². The Labute approximate surface area is 164 Å². The van der Waals surface area contributed by atoms with E-state index in [2.05, 4.69) is 33.4 Å². The first-order valence-electron chi connectivity index (χ1n) is 8.64. The summed E-state index contributed by atoms with van der Waals surface area (Å²) in [6.45, 7) is -0.481. The lowest BCUT2D eigenvalue weighted by molar-refractivity contribution is 0.0951. The van der Waals surface area contributed by atoms with Gasteiger partial charge in [-0.25, -0.2) is 9.37 Å². The van der Waals surface area contributed by atoms with Crippen LogP contribution in [-0.4, -0.2) is 49.4 Å². The molecule has 1 atom stereocenters. The summed E-state index contributed by atoms with van der Waals surface area (Å²) >= 11 is 0. The Kier molecular flexibility index (Phi) is 7.53. The van der Waals surface area contributed by atoms with Gasteiger partial charge < -0.3 is 24.7 Å². The molecule has 2 rings (SSSR count). The minimum atomic E-state index is -0.593. The van der Waals surface area contributed by atoms with Gasteiger partial charge in [-0.3, -0.25) is 4.79 Å². The van der Waals surface area contributed by atoms with E-state index in [1.54, 1.807) is 25.8 Å². The van der Waals surface area contributed by atoms with Crippen molar-refractivity contribution in [2.75, 3.05) is 39.3 Å². The van der Waals surface area contributed by atoms with Crippen molar-refractivity contribution in [3.63, 3.8) is 0 Å². The Bertz CT molecular complexity index is 884. The summed E-state index contributed by atoms with van der Waals surface area (Å²) in [6, 6.07) is 0. The normalized spacial score (nSPS) is 15.3. The lowest BCUT2D eigenvalue weighted by atomic mass is 9.99. The Hall–Kier alpha value is -3.39. The minimum absolute atomic E-state index is 0.0342. The zero-order chi connectivity index (χ0) is 20.5. The highest BCUT2D eigenvalue weighted by Crippen LogP contribution is 2.24. The Balaban J connectivity index is 2.28. The third kappa shape index (κ3) is 4.86. The van der Waals surface area contributed by atoms with Crippen molar-refractivity contribution < 1.29 is 18.7 Å². The van der Waals surface area contributed by atoms with E-state index < -0.39 is 12.6 Å². The molecule has 1 aromatic heterocycles. The molecular formula is C20H23FN4O3. The van der Waals surface area contributed by atoms with Gasteiger partial charge in [0.15, 0.2) is 23.1 Å². The number of allylic oxidation sites excluding steroid dienone is 3. The van der Waals surface area contributed by atoms with Crippen molar-refractivity contribution in [3.8, 4) is 24.2 Å². The molecule has 0 spiro atoms. The molecule has 1 heterocycles. The first kappa shape index (κ1) is 20.9. The van der Waals surface area contributed by atoms with Gasteiger partial charge in [0, 0.05) is 25.9 Å². The number of rotatable bonds is 7. The summed E-state index contributed by atoms with van der Waals surface area (Å²) < 4.78 is 24.7. The molecule has 1 amide bonds. The van der Waals surface area contributed by atoms with E-state index in [9.17, 15) is 9.18 Å². The third-order valence-electron chi connectivity index (χ3n) is 4.04. The van der Waals surface area contributed by atoms with Gasteiger partial charge >= 0.3 is 0 Å². The number of nitrogens with one attached hydrogen (secondary N) is 2. The van der Waals surface area contributed by atoms with Gasteiger partial charge in [0.1, 0.15) is 12.4 Å². The molecule has 0 fully saturated rings. The molecule has 1 aliphatic rings. The molecule has 148 valence electrons. The fourth-order valence-corrected chi connectivity index (χ4v) is 2.66. The summed E-state index contributed by atoms with van der Waals surface area (Å²) in [4.78, 5) is 16.7. The molecular weight excluding hydrogens is 363 g/mol. The Morgan fingerprint density at radius 2 is 2.25 bits per heavy atom. The molecule has 0 saturated heterocycles. The minimum Gasteiger partial charge on any atom is -0.497 e. The molecule has 28 heavy (non-hydrogen) atoms. The second-order valence-electron chi connectivity index (χ2n) is 5.83. The number of aromatic nitrogens is 2. The average molecular weight is 386 g/mol. The fraction of sp³-hybridized carbons (Fsp3) is 0.400. The van der Waals surface area contributed by atoms with E-state index >= 15 is 0 Å². The molecule has 0 radical (unpaired) electrons. The van der Waals surface area contributed by atoms with Crippen molar-refractivity contribution in [2.45, 2.75) is 6.42 Å². The topological polar surface area (TPSA) is 77.4 Å². The number of carbonyl (C=O) groups excluding carboxylic acids is 1. The van der Waals surface area contributed by atoms with Crippen molar-refractivity contribution in [3.05, 3.63) is 35.2 Å². The number of methoxy groups -OCH3 is 2. The monoisotopic (exact) mass is 386 g/mol. The van der Waals surface area contributed by atoms with Crippen molar-refractivity contribution >= 4 is 11.7 Å². The van der Waals surface area contributed by atoms with Gasteiger partial charge in [-0.05, 0) is 12.0 Å². The standard InChI is InChI=1S/C20H23FN4O3/c1-5-11-23-20(26)18-19(22-12-10-21)24-17(25(18)2)9-7-14-6-8-15(27-3)16(13-14)28-4/h1,6,8,14,22H,10-13H2,2-4H3,(H,23,26). The van der Waals surface area contributed by atoms with Gasteiger partial charge in [0.25, 0.3) is 5.91 Å². The number of imidazole rings is 1. The van der Waals surface area contributed by atoms with Crippen molar-refractivity contribution in [1.29, 1.82) is 0 Å². The zero-order valence-electron chi connectivity index (χ0n) is 16.1. The van der Waals surface area contributed by atoms with Crippen LogP contribution in [0.4, 0.5) is 10.2 Å². The Morgan fingerprint density at radius 3 is 2.89 bits per heavy atom. The summed E-state index contributed by atoms with van der Waals surface area (Å²) in [7, 11) is 4.83. The largest absolute Gasteiger partial charge is 0.497 e. The smallest absolute Gasteiger partial charge is 0.272 e. The predicted octanol–water partition coefficient (Wildman–Crippen LogP) is 1.60. The van der Waals surface area contributed by atoms with Gasteiger partial charge in [-0.2, -0.15) is 0 Å². The van der Waals surface area contributed by atoms with Crippen LogP contribution in [0.1, 0.15) is 22.7 Å². The van der Waals surface area contributed by atoms with Crippen LogP contribution in [0.15, 0.2) is 23.7 Å². The molecule has 0 aromatic carbocycles. The van der Waals surface area contributed by atoms with Crippen LogP contribution in [0.5, 0.6) is 0 Å². The summed E-state index contributed by atoms with van der Waals surface area (Å²) in [5.41, 5.74) is 0.242. The van der Waals surface area contributed by atoms with Crippen LogP contribution in [0.3, 0.4) is 0 Å². The van der Waals surface area contributed by atoms with E-state index in [1.165, 1.54) is 0 Å². The highest BCUT2D eigenvalue weighted by Gasteiger charge is 2.21. The van der Waals surface area contributed by atoms with Gasteiger partial charge in [0.2, 0.25) is 0 Å². The van der Waals surface area contributed by atoms with E-state index in [0.29, 0.717) is 23.8 Å². The van der Waals surface area contributed by atoms with Crippen LogP contribution in [0.25, 0.3) is 0 Å². The lowest BCUT2D eigenvalue weighted by Crippen LogP contribution is -2.27. The highest BCUT2D eigenvalue weighted by molar-refractivity contribution is 5.97. The molecule has 8 heteroatoms. The number of ether oxygens (including phenoxy) is 2. The zero-order valence-corrected chi connectivity index (χ0v) is 16.1. The molecule has 7 nitrogen and oxygen atoms in total. The number of nitrogens with zero attached hydrogens (tertiary/aromatic N) is 2. The van der Waals surface area contributed by atoms with Crippen LogP contribution < -0.4 is 10.6 Å². The fourth-order valence-electron chi connectivity index (χ4n) is 2.66. The van der Waals surface area contributed by atoms with Crippen LogP contribution in [0.2, 0.25) is 0 Å².